The standard InChI is InChI=1S/C18H27NOS/c1-3-10-18(14-21,11-4-2)13-19-12-9-15-7-5-6-8-16(15)17(19)20/h5-8,21H,3-4,9-14H2,1-2H3. The van der Waals surface area contributed by atoms with Crippen LogP contribution < -0.4 is 0 Å². The molecule has 0 bridgehead atoms. The number of hydrogen-bond acceptors (Lipinski definition) is 2. The normalized spacial score (nSPS) is 15.2. The zero-order chi connectivity index (χ0) is 15.3. The molecule has 1 heterocycles. The zero-order valence-electron chi connectivity index (χ0n) is 13.3. The molecule has 1 amide bonds. The topological polar surface area (TPSA) is 20.3 Å². The number of hydrogen-bond donors (Lipinski definition) is 1. The highest BCUT2D eigenvalue weighted by Gasteiger charge is 2.33. The van der Waals surface area contributed by atoms with E-state index in [0.29, 0.717) is 0 Å². The van der Waals surface area contributed by atoms with Gasteiger partial charge in [0.15, 0.2) is 0 Å². The summed E-state index contributed by atoms with van der Waals surface area (Å²) in [7, 11) is 0. The fourth-order valence-corrected chi connectivity index (χ4v) is 4.00. The molecule has 0 spiro atoms. The van der Waals surface area contributed by atoms with Crippen LogP contribution in [0.5, 0.6) is 0 Å². The second-order valence-corrected chi connectivity index (χ2v) is 6.61. The summed E-state index contributed by atoms with van der Waals surface area (Å²) in [5, 5.41) is 0. The molecule has 0 aromatic heterocycles. The Bertz CT molecular complexity index is 480. The van der Waals surface area contributed by atoms with Crippen molar-refractivity contribution in [1.82, 2.24) is 4.90 Å². The average molecular weight is 305 g/mol. The summed E-state index contributed by atoms with van der Waals surface area (Å²) in [4.78, 5) is 14.8. The predicted octanol–water partition coefficient (Wildman–Crippen LogP) is 4.20. The highest BCUT2D eigenvalue weighted by atomic mass is 32.1. The first-order valence-electron chi connectivity index (χ1n) is 8.14. The van der Waals surface area contributed by atoms with E-state index >= 15 is 0 Å². The summed E-state index contributed by atoms with van der Waals surface area (Å²) in [6.07, 6.45) is 5.58. The number of fused-ring (bicyclic) bond motifs is 1. The van der Waals surface area contributed by atoms with Gasteiger partial charge in [-0.15, -0.1) is 0 Å². The van der Waals surface area contributed by atoms with Gasteiger partial charge in [-0.1, -0.05) is 44.9 Å². The molecule has 0 saturated heterocycles. The van der Waals surface area contributed by atoms with E-state index in [1.54, 1.807) is 0 Å². The molecule has 1 aromatic rings. The number of amides is 1. The number of rotatable bonds is 7. The first kappa shape index (κ1) is 16.4. The second kappa shape index (κ2) is 7.35. The second-order valence-electron chi connectivity index (χ2n) is 6.29. The first-order chi connectivity index (χ1) is 10.2. The van der Waals surface area contributed by atoms with Gasteiger partial charge in [0.2, 0.25) is 0 Å². The van der Waals surface area contributed by atoms with Gasteiger partial charge in [0.25, 0.3) is 5.91 Å². The van der Waals surface area contributed by atoms with E-state index in [2.05, 4.69) is 37.4 Å². The molecule has 2 nitrogen and oxygen atoms in total. The van der Waals surface area contributed by atoms with Crippen molar-refractivity contribution >= 4 is 18.5 Å². The quantitative estimate of drug-likeness (QED) is 0.749. The molecule has 0 fully saturated rings. The fourth-order valence-electron chi connectivity index (χ4n) is 3.58. The molecular formula is C18H27NOS. The van der Waals surface area contributed by atoms with Crippen molar-refractivity contribution in [2.75, 3.05) is 18.8 Å². The van der Waals surface area contributed by atoms with Gasteiger partial charge in [0.1, 0.15) is 0 Å². The molecule has 0 N–H and O–H groups in total. The number of carbonyl (C=O) groups excluding carboxylic acids is 1. The highest BCUT2D eigenvalue weighted by Crippen LogP contribution is 2.34. The Kier molecular flexibility index (Phi) is 5.74. The van der Waals surface area contributed by atoms with Crippen LogP contribution in [0.1, 0.15) is 55.5 Å². The third-order valence-electron chi connectivity index (χ3n) is 4.61. The maximum Gasteiger partial charge on any atom is 0.254 e. The molecule has 21 heavy (non-hydrogen) atoms. The van der Waals surface area contributed by atoms with Gasteiger partial charge in [-0.05, 0) is 42.1 Å². The number of nitrogens with zero attached hydrogens (tertiary/aromatic N) is 1. The van der Waals surface area contributed by atoms with Crippen molar-refractivity contribution in [3.63, 3.8) is 0 Å². The summed E-state index contributed by atoms with van der Waals surface area (Å²) in [5.41, 5.74) is 2.26. The van der Waals surface area contributed by atoms with Crippen LogP contribution in [0.2, 0.25) is 0 Å². The minimum atomic E-state index is 0.175. The summed E-state index contributed by atoms with van der Waals surface area (Å²) in [5.74, 6) is 1.07. The smallest absolute Gasteiger partial charge is 0.254 e. The molecule has 0 saturated carbocycles. The Labute approximate surface area is 134 Å². The predicted molar refractivity (Wildman–Crippen MR) is 92.2 cm³/mol. The highest BCUT2D eigenvalue weighted by molar-refractivity contribution is 7.80. The van der Waals surface area contributed by atoms with Crippen LogP contribution >= 0.6 is 12.6 Å². The Morgan fingerprint density at radius 1 is 1.19 bits per heavy atom. The van der Waals surface area contributed by atoms with Crippen molar-refractivity contribution < 1.29 is 4.79 Å². The number of benzene rings is 1. The van der Waals surface area contributed by atoms with Gasteiger partial charge in [-0.2, -0.15) is 12.6 Å². The fraction of sp³-hybridized carbons (Fsp3) is 0.611. The Morgan fingerprint density at radius 2 is 1.86 bits per heavy atom. The van der Waals surface area contributed by atoms with Gasteiger partial charge in [0, 0.05) is 18.7 Å². The summed E-state index contributed by atoms with van der Waals surface area (Å²) in [6.45, 7) is 6.15. The van der Waals surface area contributed by atoms with Crippen molar-refractivity contribution in [3.8, 4) is 0 Å². The molecule has 3 heteroatoms. The third-order valence-corrected chi connectivity index (χ3v) is 5.28. The Hall–Kier alpha value is -0.960. The largest absolute Gasteiger partial charge is 0.338 e. The van der Waals surface area contributed by atoms with E-state index in [-0.39, 0.29) is 11.3 Å². The average Bonchev–Trinajstić information content (AvgIpc) is 2.51. The van der Waals surface area contributed by atoms with Crippen LogP contribution in [0.4, 0.5) is 0 Å². The summed E-state index contributed by atoms with van der Waals surface area (Å²) < 4.78 is 0. The van der Waals surface area contributed by atoms with Crippen molar-refractivity contribution in [2.24, 2.45) is 5.41 Å². The maximum atomic E-state index is 12.7. The van der Waals surface area contributed by atoms with Crippen molar-refractivity contribution in [2.45, 2.75) is 46.0 Å². The van der Waals surface area contributed by atoms with E-state index in [0.717, 1.165) is 56.5 Å². The Morgan fingerprint density at radius 3 is 2.48 bits per heavy atom. The van der Waals surface area contributed by atoms with E-state index < -0.39 is 0 Å². The molecule has 0 unspecified atom stereocenters. The summed E-state index contributed by atoms with van der Waals surface area (Å²) in [6, 6.07) is 8.03. The molecule has 2 rings (SSSR count). The van der Waals surface area contributed by atoms with Crippen LogP contribution in [0.25, 0.3) is 0 Å². The van der Waals surface area contributed by atoms with E-state index in [1.807, 2.05) is 18.2 Å². The van der Waals surface area contributed by atoms with Crippen LogP contribution in [-0.2, 0) is 6.42 Å². The minimum absolute atomic E-state index is 0.175. The monoisotopic (exact) mass is 305 g/mol. The molecule has 0 aliphatic carbocycles. The maximum absolute atomic E-state index is 12.7. The summed E-state index contributed by atoms with van der Waals surface area (Å²) >= 11 is 4.62. The zero-order valence-corrected chi connectivity index (χ0v) is 14.2. The molecule has 116 valence electrons. The molecule has 0 atom stereocenters. The molecular weight excluding hydrogens is 278 g/mol. The van der Waals surface area contributed by atoms with Gasteiger partial charge in [-0.25, -0.2) is 0 Å². The number of thiol groups is 1. The van der Waals surface area contributed by atoms with Crippen LogP contribution in [0, 0.1) is 5.41 Å². The minimum Gasteiger partial charge on any atom is -0.338 e. The third kappa shape index (κ3) is 3.63. The van der Waals surface area contributed by atoms with Crippen LogP contribution in [-0.4, -0.2) is 29.6 Å². The first-order valence-corrected chi connectivity index (χ1v) is 8.77. The lowest BCUT2D eigenvalue weighted by Gasteiger charge is -2.39. The van der Waals surface area contributed by atoms with Gasteiger partial charge < -0.3 is 4.90 Å². The number of carbonyl (C=O) groups is 1. The molecule has 1 aliphatic rings. The molecule has 0 radical (unpaired) electrons. The van der Waals surface area contributed by atoms with Crippen molar-refractivity contribution in [1.29, 1.82) is 0 Å². The van der Waals surface area contributed by atoms with Crippen LogP contribution in [0.3, 0.4) is 0 Å². The van der Waals surface area contributed by atoms with Crippen molar-refractivity contribution in [3.05, 3.63) is 35.4 Å². The van der Waals surface area contributed by atoms with E-state index in [1.165, 1.54) is 5.56 Å². The SMILES string of the molecule is CCCC(CS)(CCC)CN1CCc2ccccc2C1=O. The lowest BCUT2D eigenvalue weighted by Crippen LogP contribution is -2.45. The van der Waals surface area contributed by atoms with Crippen LogP contribution in [0.15, 0.2) is 24.3 Å². The Balaban J connectivity index is 2.17. The lowest BCUT2D eigenvalue weighted by molar-refractivity contribution is 0.0635. The van der Waals surface area contributed by atoms with Gasteiger partial charge in [-0.3, -0.25) is 4.79 Å². The van der Waals surface area contributed by atoms with Gasteiger partial charge in [0.05, 0.1) is 0 Å². The lowest BCUT2D eigenvalue weighted by atomic mass is 9.80. The van der Waals surface area contributed by atoms with E-state index in [9.17, 15) is 4.79 Å². The van der Waals surface area contributed by atoms with Gasteiger partial charge >= 0.3 is 0 Å². The van der Waals surface area contributed by atoms with E-state index in [4.69, 9.17) is 0 Å². The molecule has 1 aliphatic heterocycles. The molecule has 1 aromatic carbocycles.